The number of aromatic nitrogens is 1. The highest BCUT2D eigenvalue weighted by Gasteiger charge is 2.14. The summed E-state index contributed by atoms with van der Waals surface area (Å²) in [5.41, 5.74) is 5.57. The van der Waals surface area contributed by atoms with E-state index in [0.717, 1.165) is 26.5 Å². The number of benzene rings is 2. The molecule has 1 amide bonds. The van der Waals surface area contributed by atoms with Gasteiger partial charge < -0.3 is 5.32 Å². The fraction of sp³-hybridized carbons (Fsp3) is 0.167. The maximum Gasteiger partial charge on any atom is 0.262 e. The van der Waals surface area contributed by atoms with Crippen molar-refractivity contribution < 1.29 is 4.79 Å². The van der Waals surface area contributed by atoms with Crippen LogP contribution in [0.2, 0.25) is 0 Å². The number of para-hydroxylation sites is 1. The Kier molecular flexibility index (Phi) is 4.86. The predicted octanol–water partition coefficient (Wildman–Crippen LogP) is 3.56. The monoisotopic (exact) mass is 338 g/mol. The Balaban J connectivity index is 1.59. The molecule has 0 unspecified atom stereocenters. The van der Waals surface area contributed by atoms with Crippen molar-refractivity contribution in [2.24, 2.45) is 5.10 Å². The lowest BCUT2D eigenvalue weighted by Gasteiger charge is -2.10. The number of nitrogens with one attached hydrogen (secondary N) is 2. The Morgan fingerprint density at radius 1 is 1.21 bits per heavy atom. The van der Waals surface area contributed by atoms with E-state index in [-0.39, 0.29) is 5.91 Å². The first-order chi connectivity index (χ1) is 11.6. The van der Waals surface area contributed by atoms with Crippen LogP contribution >= 0.6 is 11.3 Å². The molecule has 0 bridgehead atoms. The van der Waals surface area contributed by atoms with Crippen LogP contribution in [0.25, 0.3) is 10.2 Å². The Morgan fingerprint density at radius 3 is 2.75 bits per heavy atom. The zero-order valence-corrected chi connectivity index (χ0v) is 14.3. The molecule has 3 rings (SSSR count). The van der Waals surface area contributed by atoms with Crippen LogP contribution in [0.15, 0.2) is 53.6 Å². The number of thiazole rings is 1. The molecule has 0 aliphatic rings. The smallest absolute Gasteiger partial charge is 0.262 e. The summed E-state index contributed by atoms with van der Waals surface area (Å²) >= 11 is 1.53. The minimum Gasteiger partial charge on any atom is -0.350 e. The second-order valence-electron chi connectivity index (χ2n) is 5.44. The molecule has 0 saturated heterocycles. The third-order valence-corrected chi connectivity index (χ3v) is 4.56. The highest BCUT2D eigenvalue weighted by atomic mass is 32.1. The number of hydrogen-bond acceptors (Lipinski definition) is 5. The van der Waals surface area contributed by atoms with Crippen LogP contribution in [0.1, 0.15) is 18.1 Å². The van der Waals surface area contributed by atoms with Gasteiger partial charge in [0.25, 0.3) is 5.91 Å². The third kappa shape index (κ3) is 3.78. The Labute approximate surface area is 144 Å². The third-order valence-electron chi connectivity index (χ3n) is 3.59. The maximum atomic E-state index is 12.1. The maximum absolute atomic E-state index is 12.1. The van der Waals surface area contributed by atoms with E-state index in [4.69, 9.17) is 0 Å². The Morgan fingerprint density at radius 2 is 1.96 bits per heavy atom. The number of amides is 1. The van der Waals surface area contributed by atoms with Crippen LogP contribution in [0.3, 0.4) is 0 Å². The molecule has 2 aromatic carbocycles. The standard InChI is InChI=1S/C18H18N4OS/c1-12-7-3-4-8-14(12)11-19-22-17(23)13(2)20-18-21-15-9-5-6-10-16(15)24-18/h3-11,13H,1-2H3,(H,20,21)(H,22,23)/b19-11-/t13-/m0/s1. The zero-order valence-electron chi connectivity index (χ0n) is 13.5. The van der Waals surface area contributed by atoms with Gasteiger partial charge in [-0.2, -0.15) is 5.10 Å². The number of fused-ring (bicyclic) bond motifs is 1. The molecule has 1 aromatic heterocycles. The largest absolute Gasteiger partial charge is 0.350 e. The molecular weight excluding hydrogens is 320 g/mol. The number of anilines is 1. The van der Waals surface area contributed by atoms with E-state index < -0.39 is 6.04 Å². The molecule has 1 heterocycles. The molecule has 5 nitrogen and oxygen atoms in total. The Bertz CT molecular complexity index is 854. The lowest BCUT2D eigenvalue weighted by molar-refractivity contribution is -0.121. The van der Waals surface area contributed by atoms with Crippen molar-refractivity contribution in [3.8, 4) is 0 Å². The van der Waals surface area contributed by atoms with Crippen molar-refractivity contribution in [1.82, 2.24) is 10.4 Å². The quantitative estimate of drug-likeness (QED) is 0.552. The van der Waals surface area contributed by atoms with Crippen LogP contribution in [0, 0.1) is 6.92 Å². The summed E-state index contributed by atoms with van der Waals surface area (Å²) in [6, 6.07) is 15.3. The first kappa shape index (κ1) is 16.1. The molecule has 0 aliphatic carbocycles. The van der Waals surface area contributed by atoms with Gasteiger partial charge in [-0.15, -0.1) is 0 Å². The molecule has 0 fully saturated rings. The van der Waals surface area contributed by atoms with Crippen LogP contribution in [-0.2, 0) is 4.79 Å². The van der Waals surface area contributed by atoms with Gasteiger partial charge >= 0.3 is 0 Å². The molecule has 0 spiro atoms. The number of hydrazone groups is 1. The van der Waals surface area contributed by atoms with E-state index in [1.165, 1.54) is 11.3 Å². The van der Waals surface area contributed by atoms with Gasteiger partial charge in [-0.3, -0.25) is 4.79 Å². The van der Waals surface area contributed by atoms with E-state index in [1.54, 1.807) is 13.1 Å². The summed E-state index contributed by atoms with van der Waals surface area (Å²) in [5, 5.41) is 7.86. The van der Waals surface area contributed by atoms with Crippen molar-refractivity contribution in [2.75, 3.05) is 5.32 Å². The molecule has 1 atom stereocenters. The normalized spacial score (nSPS) is 12.4. The molecule has 24 heavy (non-hydrogen) atoms. The van der Waals surface area contributed by atoms with Gasteiger partial charge in [0.05, 0.1) is 16.4 Å². The predicted molar refractivity (Wildman–Crippen MR) is 99.6 cm³/mol. The van der Waals surface area contributed by atoms with Crippen molar-refractivity contribution in [2.45, 2.75) is 19.9 Å². The molecule has 0 radical (unpaired) electrons. The van der Waals surface area contributed by atoms with Crippen molar-refractivity contribution in [1.29, 1.82) is 0 Å². The molecule has 6 heteroatoms. The first-order valence-corrected chi connectivity index (χ1v) is 8.46. The van der Waals surface area contributed by atoms with Gasteiger partial charge in [0.15, 0.2) is 5.13 Å². The summed E-state index contributed by atoms with van der Waals surface area (Å²) in [6.45, 7) is 3.78. The minimum atomic E-state index is -0.431. The molecule has 122 valence electrons. The van der Waals surface area contributed by atoms with E-state index in [1.807, 2.05) is 55.5 Å². The topological polar surface area (TPSA) is 66.4 Å². The van der Waals surface area contributed by atoms with E-state index in [2.05, 4.69) is 20.8 Å². The van der Waals surface area contributed by atoms with E-state index in [0.29, 0.717) is 0 Å². The number of rotatable bonds is 5. The lowest BCUT2D eigenvalue weighted by Crippen LogP contribution is -2.34. The molecule has 0 aliphatic heterocycles. The summed E-state index contributed by atoms with van der Waals surface area (Å²) in [6.07, 6.45) is 1.65. The second-order valence-corrected chi connectivity index (χ2v) is 6.47. The molecule has 0 saturated carbocycles. The SMILES string of the molecule is Cc1ccccc1/C=N\NC(=O)[C@H](C)Nc1nc2ccccc2s1. The van der Waals surface area contributed by atoms with Crippen LogP contribution in [0.4, 0.5) is 5.13 Å². The summed E-state index contributed by atoms with van der Waals surface area (Å²) in [4.78, 5) is 16.6. The number of nitrogens with zero attached hydrogens (tertiary/aromatic N) is 2. The molecule has 3 aromatic rings. The number of carbonyl (C=O) groups is 1. The Hall–Kier alpha value is -2.73. The summed E-state index contributed by atoms with van der Waals surface area (Å²) in [7, 11) is 0. The van der Waals surface area contributed by atoms with Gasteiger partial charge in [0, 0.05) is 0 Å². The van der Waals surface area contributed by atoms with Crippen LogP contribution in [0.5, 0.6) is 0 Å². The van der Waals surface area contributed by atoms with E-state index in [9.17, 15) is 4.79 Å². The first-order valence-electron chi connectivity index (χ1n) is 7.64. The number of carbonyl (C=O) groups excluding carboxylic acids is 1. The fourth-order valence-electron chi connectivity index (χ4n) is 2.18. The zero-order chi connectivity index (χ0) is 16.9. The van der Waals surface area contributed by atoms with Gasteiger partial charge in [-0.25, -0.2) is 10.4 Å². The van der Waals surface area contributed by atoms with Crippen molar-refractivity contribution in [3.05, 3.63) is 59.7 Å². The van der Waals surface area contributed by atoms with Crippen molar-refractivity contribution in [3.63, 3.8) is 0 Å². The molecule has 2 N–H and O–H groups in total. The number of hydrogen-bond donors (Lipinski definition) is 2. The highest BCUT2D eigenvalue weighted by Crippen LogP contribution is 2.25. The average molecular weight is 338 g/mol. The van der Waals surface area contributed by atoms with E-state index >= 15 is 0 Å². The van der Waals surface area contributed by atoms with Gasteiger partial charge in [0.1, 0.15) is 6.04 Å². The summed E-state index contributed by atoms with van der Waals surface area (Å²) < 4.78 is 1.09. The molecular formula is C18H18N4OS. The van der Waals surface area contributed by atoms with Gasteiger partial charge in [-0.1, -0.05) is 47.7 Å². The number of aryl methyl sites for hydroxylation is 1. The van der Waals surface area contributed by atoms with Crippen LogP contribution in [-0.4, -0.2) is 23.1 Å². The average Bonchev–Trinajstić information content (AvgIpc) is 2.98. The van der Waals surface area contributed by atoms with Crippen molar-refractivity contribution >= 4 is 38.8 Å². The summed E-state index contributed by atoms with van der Waals surface area (Å²) in [5.74, 6) is -0.209. The highest BCUT2D eigenvalue weighted by molar-refractivity contribution is 7.22. The van der Waals surface area contributed by atoms with Gasteiger partial charge in [0.2, 0.25) is 0 Å². The fourth-order valence-corrected chi connectivity index (χ4v) is 3.13. The lowest BCUT2D eigenvalue weighted by atomic mass is 10.1. The van der Waals surface area contributed by atoms with Gasteiger partial charge in [-0.05, 0) is 37.1 Å². The second kappa shape index (κ2) is 7.23. The van der Waals surface area contributed by atoms with Crippen LogP contribution < -0.4 is 10.7 Å². The minimum absolute atomic E-state index is 0.209.